The van der Waals surface area contributed by atoms with Crippen molar-refractivity contribution in [2.45, 2.75) is 38.1 Å². The molecule has 0 bridgehead atoms. The van der Waals surface area contributed by atoms with Gasteiger partial charge in [0.25, 0.3) is 0 Å². The fourth-order valence-electron chi connectivity index (χ4n) is 4.35. The van der Waals surface area contributed by atoms with E-state index in [2.05, 4.69) is 26.1 Å². The van der Waals surface area contributed by atoms with E-state index in [9.17, 15) is 13.9 Å². The summed E-state index contributed by atoms with van der Waals surface area (Å²) in [6.07, 6.45) is 12.7. The standard InChI is InChI=1S/C22H24FN7O2S/c1-32-19(31)7-4-11-25-21-17(20-16-9-12-30(33-23)22(16)27-14-26-20)13-29(28-21)18(8-10-24)15-5-2-3-6-15/h4,7,9,12-15,18H,2-3,5-6,8,11H2,1H3,(H,25,28)/b7-4+. The van der Waals surface area contributed by atoms with E-state index >= 15 is 0 Å². The topological polar surface area (TPSA) is 111 Å². The van der Waals surface area contributed by atoms with Crippen LogP contribution in [-0.4, -0.2) is 43.3 Å². The number of nitrogens with zero attached hydrogens (tertiary/aromatic N) is 6. The molecule has 1 fully saturated rings. The quantitative estimate of drug-likeness (QED) is 0.361. The lowest BCUT2D eigenvalue weighted by Crippen LogP contribution is -2.18. The van der Waals surface area contributed by atoms with Crippen LogP contribution in [0.15, 0.2) is 36.9 Å². The van der Waals surface area contributed by atoms with Crippen LogP contribution in [0.2, 0.25) is 0 Å². The molecular formula is C22H24FN7O2S. The van der Waals surface area contributed by atoms with Crippen molar-refractivity contribution in [3.05, 3.63) is 36.9 Å². The van der Waals surface area contributed by atoms with Crippen molar-refractivity contribution in [1.82, 2.24) is 23.7 Å². The Kier molecular flexibility index (Phi) is 7.24. The molecule has 1 unspecified atom stereocenters. The van der Waals surface area contributed by atoms with Crippen LogP contribution in [0.1, 0.15) is 38.1 Å². The highest BCUT2D eigenvalue weighted by Gasteiger charge is 2.28. The number of rotatable bonds is 9. The Morgan fingerprint density at radius 3 is 3.00 bits per heavy atom. The molecule has 1 aliphatic rings. The minimum Gasteiger partial charge on any atom is -0.466 e. The maximum atomic E-state index is 13.3. The highest BCUT2D eigenvalue weighted by atomic mass is 32.2. The number of carbonyl (C=O) groups is 1. The molecule has 4 rings (SSSR count). The van der Waals surface area contributed by atoms with Crippen molar-refractivity contribution >= 4 is 35.2 Å². The predicted octanol–water partition coefficient (Wildman–Crippen LogP) is 4.46. The third kappa shape index (κ3) is 4.85. The van der Waals surface area contributed by atoms with Crippen LogP contribution >= 0.6 is 12.3 Å². The van der Waals surface area contributed by atoms with E-state index in [0.29, 0.717) is 41.4 Å². The van der Waals surface area contributed by atoms with Gasteiger partial charge in [-0.25, -0.2) is 18.7 Å². The van der Waals surface area contributed by atoms with Crippen LogP contribution in [0.4, 0.5) is 9.70 Å². The van der Waals surface area contributed by atoms with Gasteiger partial charge in [-0.05, 0) is 24.8 Å². The van der Waals surface area contributed by atoms with Gasteiger partial charge in [0, 0.05) is 30.4 Å². The van der Waals surface area contributed by atoms with E-state index in [4.69, 9.17) is 5.10 Å². The van der Waals surface area contributed by atoms with Gasteiger partial charge in [-0.1, -0.05) is 18.9 Å². The number of esters is 1. The smallest absolute Gasteiger partial charge is 0.330 e. The largest absolute Gasteiger partial charge is 0.466 e. The minimum absolute atomic E-state index is 0.0410. The maximum Gasteiger partial charge on any atom is 0.330 e. The zero-order chi connectivity index (χ0) is 23.2. The van der Waals surface area contributed by atoms with E-state index in [1.165, 1.54) is 23.5 Å². The van der Waals surface area contributed by atoms with E-state index < -0.39 is 5.97 Å². The first-order chi connectivity index (χ1) is 16.2. The van der Waals surface area contributed by atoms with Crippen molar-refractivity contribution in [2.24, 2.45) is 5.92 Å². The van der Waals surface area contributed by atoms with Crippen molar-refractivity contribution in [1.29, 1.82) is 5.26 Å². The summed E-state index contributed by atoms with van der Waals surface area (Å²) in [5.74, 6) is 0.505. The number of anilines is 1. The average molecular weight is 470 g/mol. The lowest BCUT2D eigenvalue weighted by molar-refractivity contribution is -0.134. The number of hydrogen-bond acceptors (Lipinski definition) is 8. The molecule has 3 aromatic heterocycles. The average Bonchev–Trinajstić information content (AvgIpc) is 3.59. The summed E-state index contributed by atoms with van der Waals surface area (Å²) in [6.45, 7) is 0.334. The number of methoxy groups -OCH3 is 1. The number of aromatic nitrogens is 5. The van der Waals surface area contributed by atoms with Crippen LogP contribution in [0, 0.1) is 17.2 Å². The molecule has 0 spiro atoms. The van der Waals surface area contributed by atoms with Gasteiger partial charge in [-0.2, -0.15) is 10.4 Å². The number of nitriles is 1. The predicted molar refractivity (Wildman–Crippen MR) is 124 cm³/mol. The Morgan fingerprint density at radius 2 is 2.27 bits per heavy atom. The van der Waals surface area contributed by atoms with Crippen molar-refractivity contribution < 1.29 is 13.4 Å². The molecule has 172 valence electrons. The van der Waals surface area contributed by atoms with Crippen LogP contribution in [-0.2, 0) is 9.53 Å². The molecule has 1 aliphatic carbocycles. The van der Waals surface area contributed by atoms with Crippen molar-refractivity contribution in [2.75, 3.05) is 19.0 Å². The molecule has 11 heteroatoms. The van der Waals surface area contributed by atoms with Gasteiger partial charge in [0.15, 0.2) is 23.8 Å². The summed E-state index contributed by atoms with van der Waals surface area (Å²) < 4.78 is 21.1. The molecule has 3 heterocycles. The van der Waals surface area contributed by atoms with Gasteiger partial charge >= 0.3 is 5.97 Å². The number of nitrogens with one attached hydrogen (secondary N) is 1. The zero-order valence-electron chi connectivity index (χ0n) is 18.1. The summed E-state index contributed by atoms with van der Waals surface area (Å²) in [4.78, 5) is 20.0. The Morgan fingerprint density at radius 1 is 1.45 bits per heavy atom. The summed E-state index contributed by atoms with van der Waals surface area (Å²) in [7, 11) is 1.32. The van der Waals surface area contributed by atoms with E-state index in [-0.39, 0.29) is 18.4 Å². The van der Waals surface area contributed by atoms with Gasteiger partial charge < -0.3 is 10.1 Å². The first-order valence-electron chi connectivity index (χ1n) is 10.7. The molecule has 0 amide bonds. The summed E-state index contributed by atoms with van der Waals surface area (Å²) >= 11 is 0.0692. The second kappa shape index (κ2) is 10.5. The Bertz CT molecular complexity index is 1190. The van der Waals surface area contributed by atoms with Gasteiger partial charge in [0.1, 0.15) is 6.33 Å². The number of halogens is 1. The Hall–Kier alpha value is -3.39. The third-order valence-corrected chi connectivity index (χ3v) is 6.38. The Labute approximate surface area is 195 Å². The molecule has 0 aromatic carbocycles. The van der Waals surface area contributed by atoms with E-state index in [1.54, 1.807) is 18.3 Å². The minimum atomic E-state index is -0.444. The first kappa shape index (κ1) is 22.8. The Balaban J connectivity index is 1.74. The van der Waals surface area contributed by atoms with Gasteiger partial charge in [-0.3, -0.25) is 4.68 Å². The third-order valence-electron chi connectivity index (χ3n) is 5.94. The molecule has 1 saturated carbocycles. The molecule has 33 heavy (non-hydrogen) atoms. The second-order valence-electron chi connectivity index (χ2n) is 7.82. The molecule has 0 saturated heterocycles. The summed E-state index contributed by atoms with van der Waals surface area (Å²) in [5, 5.41) is 18.1. The molecule has 0 radical (unpaired) electrons. The van der Waals surface area contributed by atoms with Gasteiger partial charge in [-0.15, -0.1) is 3.89 Å². The van der Waals surface area contributed by atoms with Crippen LogP contribution < -0.4 is 5.32 Å². The van der Waals surface area contributed by atoms with Crippen molar-refractivity contribution in [3.8, 4) is 17.3 Å². The van der Waals surface area contributed by atoms with E-state index in [1.807, 2.05) is 10.9 Å². The summed E-state index contributed by atoms with van der Waals surface area (Å²) in [6, 6.07) is 4.03. The number of carbonyl (C=O) groups excluding carboxylic acids is 1. The monoisotopic (exact) mass is 469 g/mol. The van der Waals surface area contributed by atoms with Gasteiger partial charge in [0.05, 0.1) is 36.9 Å². The molecule has 0 aliphatic heterocycles. The lowest BCUT2D eigenvalue weighted by atomic mass is 9.96. The molecular weight excluding hydrogens is 445 g/mol. The zero-order valence-corrected chi connectivity index (χ0v) is 19.0. The SMILES string of the molecule is COC(=O)/C=C/CNc1nn(C(CC#N)C2CCCC2)cc1-c1ncnc2c1ccn2SF. The van der Waals surface area contributed by atoms with Crippen LogP contribution in [0.5, 0.6) is 0 Å². The van der Waals surface area contributed by atoms with Gasteiger partial charge in [0.2, 0.25) is 0 Å². The lowest BCUT2D eigenvalue weighted by Gasteiger charge is -2.21. The molecule has 1 N–H and O–H groups in total. The highest BCUT2D eigenvalue weighted by Crippen LogP contribution is 2.39. The number of fused-ring (bicyclic) bond motifs is 1. The normalized spacial score (nSPS) is 15.2. The first-order valence-corrected chi connectivity index (χ1v) is 11.4. The second-order valence-corrected chi connectivity index (χ2v) is 8.35. The van der Waals surface area contributed by atoms with Crippen LogP contribution in [0.3, 0.4) is 0 Å². The molecule has 3 aromatic rings. The number of hydrogen-bond donors (Lipinski definition) is 1. The summed E-state index contributed by atoms with van der Waals surface area (Å²) in [5.41, 5.74) is 1.79. The maximum absolute atomic E-state index is 13.3. The highest BCUT2D eigenvalue weighted by molar-refractivity contribution is 7.92. The number of ether oxygens (including phenoxy) is 1. The fraction of sp³-hybridized carbons (Fsp3) is 0.409. The van der Waals surface area contributed by atoms with E-state index in [0.717, 1.165) is 31.2 Å². The molecule has 1 atom stereocenters. The molecule has 9 nitrogen and oxygen atoms in total. The van der Waals surface area contributed by atoms with Crippen LogP contribution in [0.25, 0.3) is 22.3 Å². The fourth-order valence-corrected chi connectivity index (χ4v) is 4.67. The van der Waals surface area contributed by atoms with Crippen molar-refractivity contribution in [3.63, 3.8) is 0 Å².